The molecule has 0 saturated heterocycles. The Hall–Kier alpha value is -1.69. The molecule has 0 unspecified atom stereocenters. The summed E-state index contributed by atoms with van der Waals surface area (Å²) in [6.45, 7) is 6.07. The number of aromatic nitrogens is 2. The Bertz CT molecular complexity index is 396. The average molecular weight is 253 g/mol. The molecule has 1 aromatic rings. The second-order valence-electron chi connectivity index (χ2n) is 3.76. The summed E-state index contributed by atoms with van der Waals surface area (Å²) in [5.74, 6) is -0.150. The normalized spacial score (nSPS) is 10.2. The van der Waals surface area contributed by atoms with E-state index in [1.54, 1.807) is 13.0 Å². The highest BCUT2D eigenvalue weighted by molar-refractivity contribution is 5.85. The molecule has 0 fully saturated rings. The molecule has 0 saturated carbocycles. The van der Waals surface area contributed by atoms with Gasteiger partial charge in [0.2, 0.25) is 11.7 Å². The Morgan fingerprint density at radius 1 is 1.39 bits per heavy atom. The molecular weight excluding hydrogens is 234 g/mol. The summed E-state index contributed by atoms with van der Waals surface area (Å²) in [5.41, 5.74) is 0.668. The number of aryl methyl sites for hydroxylation is 1. The van der Waals surface area contributed by atoms with Crippen molar-refractivity contribution in [1.82, 2.24) is 15.3 Å². The van der Waals surface area contributed by atoms with E-state index in [0.29, 0.717) is 18.2 Å². The van der Waals surface area contributed by atoms with E-state index in [-0.39, 0.29) is 5.82 Å². The monoisotopic (exact) mass is 253 g/mol. The molecule has 6 nitrogen and oxygen atoms in total. The molecule has 1 heterocycles. The summed E-state index contributed by atoms with van der Waals surface area (Å²) < 4.78 is 10.0. The highest BCUT2D eigenvalue weighted by Gasteiger charge is 2.11. The lowest BCUT2D eigenvalue weighted by Gasteiger charge is -2.07. The van der Waals surface area contributed by atoms with Crippen molar-refractivity contribution in [3.8, 4) is 5.88 Å². The summed E-state index contributed by atoms with van der Waals surface area (Å²) in [5, 5.41) is 3.21. The highest BCUT2D eigenvalue weighted by Crippen LogP contribution is 2.09. The molecule has 0 aliphatic rings. The van der Waals surface area contributed by atoms with Crippen LogP contribution in [-0.4, -0.2) is 42.7 Å². The van der Waals surface area contributed by atoms with Crippen molar-refractivity contribution in [2.45, 2.75) is 20.3 Å². The van der Waals surface area contributed by atoms with Crippen LogP contribution >= 0.6 is 0 Å². The molecule has 0 atom stereocenters. The van der Waals surface area contributed by atoms with Gasteiger partial charge in [0.05, 0.1) is 7.11 Å². The fraction of sp³-hybridized carbons (Fsp3) is 0.583. The van der Waals surface area contributed by atoms with E-state index in [0.717, 1.165) is 19.5 Å². The van der Waals surface area contributed by atoms with Gasteiger partial charge in [-0.05, 0) is 19.9 Å². The van der Waals surface area contributed by atoms with Crippen molar-refractivity contribution < 1.29 is 14.3 Å². The maximum absolute atomic E-state index is 11.3. The molecule has 0 radical (unpaired) electrons. The van der Waals surface area contributed by atoms with Crippen LogP contribution in [0.3, 0.4) is 0 Å². The van der Waals surface area contributed by atoms with Gasteiger partial charge in [0.1, 0.15) is 6.61 Å². The molecule has 0 aromatic carbocycles. The number of carbonyl (C=O) groups excluding carboxylic acids is 1. The van der Waals surface area contributed by atoms with Crippen LogP contribution in [0.25, 0.3) is 0 Å². The summed E-state index contributed by atoms with van der Waals surface area (Å²) in [7, 11) is 1.29. The van der Waals surface area contributed by atoms with Gasteiger partial charge in [0.25, 0.3) is 0 Å². The fourth-order valence-electron chi connectivity index (χ4n) is 1.33. The number of esters is 1. The van der Waals surface area contributed by atoms with Crippen molar-refractivity contribution in [2.24, 2.45) is 0 Å². The lowest BCUT2D eigenvalue weighted by molar-refractivity contribution is 0.0585. The predicted molar refractivity (Wildman–Crippen MR) is 66.8 cm³/mol. The van der Waals surface area contributed by atoms with Crippen LogP contribution in [0.5, 0.6) is 5.88 Å². The van der Waals surface area contributed by atoms with Gasteiger partial charge in [-0.2, -0.15) is 4.98 Å². The van der Waals surface area contributed by atoms with Gasteiger partial charge in [-0.1, -0.05) is 6.92 Å². The Balaban J connectivity index is 2.55. The summed E-state index contributed by atoms with van der Waals surface area (Å²) in [6.07, 6.45) is 1.08. The van der Waals surface area contributed by atoms with Gasteiger partial charge in [0, 0.05) is 18.3 Å². The van der Waals surface area contributed by atoms with Crippen molar-refractivity contribution >= 4 is 5.97 Å². The van der Waals surface area contributed by atoms with E-state index >= 15 is 0 Å². The predicted octanol–water partition coefficient (Wildman–Crippen LogP) is 0.950. The van der Waals surface area contributed by atoms with Gasteiger partial charge in [-0.15, -0.1) is 0 Å². The molecule has 18 heavy (non-hydrogen) atoms. The molecule has 1 N–H and O–H groups in total. The minimum Gasteiger partial charge on any atom is -0.476 e. The number of rotatable bonds is 7. The maximum Gasteiger partial charge on any atom is 0.376 e. The van der Waals surface area contributed by atoms with Crippen LogP contribution in [-0.2, 0) is 4.74 Å². The number of nitrogens with zero attached hydrogens (tertiary/aromatic N) is 2. The Morgan fingerprint density at radius 3 is 2.83 bits per heavy atom. The average Bonchev–Trinajstić information content (AvgIpc) is 2.37. The first-order valence-electron chi connectivity index (χ1n) is 5.95. The smallest absolute Gasteiger partial charge is 0.376 e. The van der Waals surface area contributed by atoms with Crippen molar-refractivity contribution in [2.75, 3.05) is 26.8 Å². The van der Waals surface area contributed by atoms with E-state index in [4.69, 9.17) is 4.74 Å². The zero-order valence-corrected chi connectivity index (χ0v) is 11.0. The first-order valence-corrected chi connectivity index (χ1v) is 5.95. The molecular formula is C12H19N3O3. The molecule has 1 rings (SSSR count). The molecule has 0 spiro atoms. The van der Waals surface area contributed by atoms with Gasteiger partial charge in [0.15, 0.2) is 0 Å². The Morgan fingerprint density at radius 2 is 2.17 bits per heavy atom. The summed E-state index contributed by atoms with van der Waals surface area (Å²) in [4.78, 5) is 19.3. The van der Waals surface area contributed by atoms with Crippen LogP contribution in [0.1, 0.15) is 29.7 Å². The van der Waals surface area contributed by atoms with Crippen molar-refractivity contribution in [3.05, 3.63) is 17.6 Å². The molecule has 1 aromatic heterocycles. The largest absolute Gasteiger partial charge is 0.476 e. The van der Waals surface area contributed by atoms with E-state index in [9.17, 15) is 4.79 Å². The van der Waals surface area contributed by atoms with Gasteiger partial charge in [-0.3, -0.25) is 0 Å². The standard InChI is InChI=1S/C12H19N3O3/c1-4-5-13-6-7-18-10-8-9(2)14-11(15-10)12(16)17-3/h8,13H,4-7H2,1-3H3. The third kappa shape index (κ3) is 4.67. The molecule has 0 bridgehead atoms. The lowest BCUT2D eigenvalue weighted by atomic mass is 10.4. The zero-order chi connectivity index (χ0) is 13.4. The van der Waals surface area contributed by atoms with Gasteiger partial charge in [-0.25, -0.2) is 9.78 Å². The van der Waals surface area contributed by atoms with Crippen LogP contribution < -0.4 is 10.1 Å². The van der Waals surface area contributed by atoms with Crippen LogP contribution in [0, 0.1) is 6.92 Å². The quantitative estimate of drug-likeness (QED) is 0.576. The molecule has 0 aliphatic heterocycles. The third-order valence-electron chi connectivity index (χ3n) is 2.15. The van der Waals surface area contributed by atoms with Crippen LogP contribution in [0.2, 0.25) is 0 Å². The first kappa shape index (κ1) is 14.4. The topological polar surface area (TPSA) is 73.3 Å². The van der Waals surface area contributed by atoms with E-state index in [1.807, 2.05) is 0 Å². The third-order valence-corrected chi connectivity index (χ3v) is 2.15. The SMILES string of the molecule is CCCNCCOc1cc(C)nc(C(=O)OC)n1. The number of ether oxygens (including phenoxy) is 2. The van der Waals surface area contributed by atoms with Crippen molar-refractivity contribution in [1.29, 1.82) is 0 Å². The zero-order valence-electron chi connectivity index (χ0n) is 11.0. The number of methoxy groups -OCH3 is 1. The molecule has 0 amide bonds. The first-order chi connectivity index (χ1) is 8.67. The minimum absolute atomic E-state index is 0.0222. The van der Waals surface area contributed by atoms with E-state index in [1.165, 1.54) is 7.11 Å². The Kier molecular flexibility index (Phi) is 6.07. The van der Waals surface area contributed by atoms with Gasteiger partial charge >= 0.3 is 5.97 Å². The number of carbonyl (C=O) groups is 1. The number of nitrogens with one attached hydrogen (secondary N) is 1. The fourth-order valence-corrected chi connectivity index (χ4v) is 1.33. The molecule has 100 valence electrons. The minimum atomic E-state index is -0.562. The van der Waals surface area contributed by atoms with Crippen LogP contribution in [0.4, 0.5) is 0 Å². The maximum atomic E-state index is 11.3. The van der Waals surface area contributed by atoms with E-state index in [2.05, 4.69) is 26.9 Å². The Labute approximate surface area is 107 Å². The van der Waals surface area contributed by atoms with Crippen LogP contribution in [0.15, 0.2) is 6.07 Å². The molecule has 0 aliphatic carbocycles. The molecule has 6 heteroatoms. The summed E-state index contributed by atoms with van der Waals surface area (Å²) in [6, 6.07) is 1.69. The summed E-state index contributed by atoms with van der Waals surface area (Å²) >= 11 is 0. The number of hydrogen-bond donors (Lipinski definition) is 1. The van der Waals surface area contributed by atoms with Crippen molar-refractivity contribution in [3.63, 3.8) is 0 Å². The number of hydrogen-bond acceptors (Lipinski definition) is 6. The highest BCUT2D eigenvalue weighted by atomic mass is 16.5. The second kappa shape index (κ2) is 7.60. The lowest BCUT2D eigenvalue weighted by Crippen LogP contribution is -2.22. The second-order valence-corrected chi connectivity index (χ2v) is 3.76. The van der Waals surface area contributed by atoms with E-state index < -0.39 is 5.97 Å². The van der Waals surface area contributed by atoms with Gasteiger partial charge < -0.3 is 14.8 Å².